The molecule has 0 saturated heterocycles. The normalized spacial score (nSPS) is 33.4. The van der Waals surface area contributed by atoms with Crippen LogP contribution in [0.1, 0.15) is 64.2 Å². The first kappa shape index (κ1) is 17.4. The molecule has 1 amide bonds. The van der Waals surface area contributed by atoms with E-state index < -0.39 is 11.5 Å². The van der Waals surface area contributed by atoms with Gasteiger partial charge in [0.05, 0.1) is 0 Å². The number of carbonyl (C=O) groups is 2. The number of hydrogen-bond acceptors (Lipinski definition) is 4. The Hall–Kier alpha value is -1.46. The maximum Gasteiger partial charge on any atom is 0.261 e. The molecular formula is C18H28N2O4. The Morgan fingerprint density at radius 1 is 1.00 bits per heavy atom. The third-order valence-corrected chi connectivity index (χ3v) is 6.24. The van der Waals surface area contributed by atoms with Crippen molar-refractivity contribution in [3.8, 4) is 0 Å². The second-order valence-electron chi connectivity index (χ2n) is 8.29. The first-order chi connectivity index (χ1) is 11.5. The van der Waals surface area contributed by atoms with Gasteiger partial charge in [0.15, 0.2) is 0 Å². The molecule has 134 valence electrons. The average molecular weight is 336 g/mol. The summed E-state index contributed by atoms with van der Waals surface area (Å²) >= 11 is 0. The highest BCUT2D eigenvalue weighted by molar-refractivity contribution is 5.83. The SMILES string of the molecule is O=C(CCCCCNC(=O)C12CC3CC(CC(C3)C1)C2)C[N+](=O)[O-]. The van der Waals surface area contributed by atoms with Crippen molar-refractivity contribution in [2.45, 2.75) is 64.2 Å². The Labute approximate surface area is 142 Å². The maximum atomic E-state index is 12.7. The molecule has 0 spiro atoms. The van der Waals surface area contributed by atoms with E-state index in [0.29, 0.717) is 13.0 Å². The van der Waals surface area contributed by atoms with Crippen LogP contribution in [-0.2, 0) is 9.59 Å². The lowest BCUT2D eigenvalue weighted by Crippen LogP contribution is -2.53. The molecular weight excluding hydrogens is 308 g/mol. The molecule has 4 rings (SSSR count). The molecule has 4 fully saturated rings. The second kappa shape index (κ2) is 7.19. The largest absolute Gasteiger partial charge is 0.356 e. The molecule has 4 aliphatic rings. The molecule has 4 bridgehead atoms. The number of nitro groups is 1. The van der Waals surface area contributed by atoms with Gasteiger partial charge in [-0.05, 0) is 69.1 Å². The summed E-state index contributed by atoms with van der Waals surface area (Å²) in [5.74, 6) is 2.27. The second-order valence-corrected chi connectivity index (χ2v) is 8.29. The molecule has 0 atom stereocenters. The fourth-order valence-electron chi connectivity index (χ4n) is 5.63. The maximum absolute atomic E-state index is 12.7. The van der Waals surface area contributed by atoms with E-state index in [4.69, 9.17) is 0 Å². The van der Waals surface area contributed by atoms with Gasteiger partial charge in [-0.25, -0.2) is 0 Å². The van der Waals surface area contributed by atoms with Gasteiger partial charge in [0.2, 0.25) is 11.7 Å². The lowest BCUT2D eigenvalue weighted by Gasteiger charge is -2.55. The van der Waals surface area contributed by atoms with Gasteiger partial charge < -0.3 is 5.32 Å². The smallest absolute Gasteiger partial charge is 0.261 e. The lowest BCUT2D eigenvalue weighted by molar-refractivity contribution is -0.467. The topological polar surface area (TPSA) is 89.3 Å². The fourth-order valence-corrected chi connectivity index (χ4v) is 5.63. The zero-order chi connectivity index (χ0) is 17.2. The molecule has 0 unspecified atom stereocenters. The van der Waals surface area contributed by atoms with Gasteiger partial charge in [-0.15, -0.1) is 0 Å². The van der Waals surface area contributed by atoms with Gasteiger partial charge in [-0.2, -0.15) is 0 Å². The first-order valence-corrected chi connectivity index (χ1v) is 9.39. The first-order valence-electron chi connectivity index (χ1n) is 9.39. The third-order valence-electron chi connectivity index (χ3n) is 6.24. The van der Waals surface area contributed by atoms with Crippen molar-refractivity contribution in [2.24, 2.45) is 23.2 Å². The molecule has 6 heteroatoms. The average Bonchev–Trinajstić information content (AvgIpc) is 2.48. The predicted octanol–water partition coefficient (Wildman–Crippen LogP) is 2.73. The van der Waals surface area contributed by atoms with Crippen LogP contribution < -0.4 is 5.32 Å². The summed E-state index contributed by atoms with van der Waals surface area (Å²) in [5, 5.41) is 13.3. The molecule has 0 aliphatic heterocycles. The van der Waals surface area contributed by atoms with Crippen LogP contribution in [0.3, 0.4) is 0 Å². The van der Waals surface area contributed by atoms with E-state index in [9.17, 15) is 19.7 Å². The van der Waals surface area contributed by atoms with Gasteiger partial charge in [-0.1, -0.05) is 6.42 Å². The van der Waals surface area contributed by atoms with Crippen LogP contribution in [0.15, 0.2) is 0 Å². The summed E-state index contributed by atoms with van der Waals surface area (Å²) in [7, 11) is 0. The number of nitrogens with zero attached hydrogens (tertiary/aromatic N) is 1. The predicted molar refractivity (Wildman–Crippen MR) is 89.0 cm³/mol. The highest BCUT2D eigenvalue weighted by Crippen LogP contribution is 2.60. The van der Waals surface area contributed by atoms with Gasteiger partial charge >= 0.3 is 0 Å². The Morgan fingerprint density at radius 2 is 1.58 bits per heavy atom. The van der Waals surface area contributed by atoms with Gasteiger partial charge in [0.1, 0.15) is 0 Å². The lowest BCUT2D eigenvalue weighted by atomic mass is 9.49. The van der Waals surface area contributed by atoms with Crippen molar-refractivity contribution in [2.75, 3.05) is 13.1 Å². The number of Topliss-reactive ketones (excluding diaryl/α,β-unsaturated/α-hetero) is 1. The molecule has 24 heavy (non-hydrogen) atoms. The highest BCUT2D eigenvalue weighted by atomic mass is 16.6. The molecule has 1 N–H and O–H groups in total. The minimum Gasteiger partial charge on any atom is -0.356 e. The van der Waals surface area contributed by atoms with E-state index in [0.717, 1.165) is 49.9 Å². The summed E-state index contributed by atoms with van der Waals surface area (Å²) in [6.45, 7) is 0.0900. The Bertz CT molecular complexity index is 482. The fraction of sp³-hybridized carbons (Fsp3) is 0.889. The monoisotopic (exact) mass is 336 g/mol. The van der Waals surface area contributed by atoms with Crippen molar-refractivity contribution < 1.29 is 14.5 Å². The summed E-state index contributed by atoms with van der Waals surface area (Å²) in [5.41, 5.74) is -0.0869. The summed E-state index contributed by atoms with van der Waals surface area (Å²) < 4.78 is 0. The molecule has 0 aromatic rings. The standard InChI is InChI=1S/C18H28N2O4/c21-16(12-20(23)24)4-2-1-3-5-19-17(22)18-9-13-6-14(10-18)8-15(7-13)11-18/h13-15H,1-12H2,(H,19,22). The molecule has 4 aliphatic carbocycles. The van der Waals surface area contributed by atoms with Crippen LogP contribution in [-0.4, -0.2) is 29.7 Å². The van der Waals surface area contributed by atoms with E-state index in [2.05, 4.69) is 5.32 Å². The number of hydrogen-bond donors (Lipinski definition) is 1. The summed E-state index contributed by atoms with van der Waals surface area (Å²) in [6.07, 6.45) is 9.86. The van der Waals surface area contributed by atoms with E-state index >= 15 is 0 Å². The van der Waals surface area contributed by atoms with E-state index in [-0.39, 0.29) is 23.5 Å². The number of rotatable bonds is 9. The van der Waals surface area contributed by atoms with Crippen LogP contribution in [0.25, 0.3) is 0 Å². The van der Waals surface area contributed by atoms with E-state index in [1.165, 1.54) is 19.3 Å². The van der Waals surface area contributed by atoms with Crippen molar-refractivity contribution in [3.05, 3.63) is 10.1 Å². The highest BCUT2D eigenvalue weighted by Gasteiger charge is 2.54. The van der Waals surface area contributed by atoms with Crippen molar-refractivity contribution in [1.29, 1.82) is 0 Å². The van der Waals surface area contributed by atoms with Crippen molar-refractivity contribution >= 4 is 11.7 Å². The minimum absolute atomic E-state index is 0.0869. The number of ketones is 1. The van der Waals surface area contributed by atoms with Crippen molar-refractivity contribution in [3.63, 3.8) is 0 Å². The van der Waals surface area contributed by atoms with Crippen LogP contribution in [0.5, 0.6) is 0 Å². The Morgan fingerprint density at radius 3 is 2.12 bits per heavy atom. The van der Waals surface area contributed by atoms with Gasteiger partial charge in [0, 0.05) is 23.3 Å². The van der Waals surface area contributed by atoms with Crippen LogP contribution in [0.2, 0.25) is 0 Å². The zero-order valence-electron chi connectivity index (χ0n) is 14.3. The molecule has 6 nitrogen and oxygen atoms in total. The third kappa shape index (κ3) is 3.95. The quantitative estimate of drug-likeness (QED) is 0.398. The van der Waals surface area contributed by atoms with Crippen LogP contribution in [0.4, 0.5) is 0 Å². The minimum atomic E-state index is -0.575. The Kier molecular flexibility index (Phi) is 5.21. The summed E-state index contributed by atoms with van der Waals surface area (Å²) in [4.78, 5) is 33.6. The van der Waals surface area contributed by atoms with E-state index in [1.54, 1.807) is 0 Å². The zero-order valence-corrected chi connectivity index (χ0v) is 14.3. The summed E-state index contributed by atoms with van der Waals surface area (Å²) in [6, 6.07) is 0. The number of nitrogens with one attached hydrogen (secondary N) is 1. The number of amides is 1. The number of unbranched alkanes of at least 4 members (excludes halogenated alkanes) is 2. The van der Waals surface area contributed by atoms with Gasteiger partial charge in [0.25, 0.3) is 6.54 Å². The molecule has 4 saturated carbocycles. The Balaban J connectivity index is 1.33. The molecule has 0 heterocycles. The molecule has 0 aromatic carbocycles. The van der Waals surface area contributed by atoms with Crippen LogP contribution in [0, 0.1) is 33.3 Å². The molecule has 0 aromatic heterocycles. The molecule has 0 radical (unpaired) electrons. The number of carbonyl (C=O) groups excluding carboxylic acids is 2. The van der Waals surface area contributed by atoms with Crippen LogP contribution >= 0.6 is 0 Å². The van der Waals surface area contributed by atoms with E-state index in [1.807, 2.05) is 0 Å². The van der Waals surface area contributed by atoms with Crippen molar-refractivity contribution in [1.82, 2.24) is 5.32 Å². The van der Waals surface area contributed by atoms with Gasteiger partial charge in [-0.3, -0.25) is 19.7 Å².